The molecule has 6 heteroatoms. The molecule has 152 valence electrons. The quantitative estimate of drug-likeness (QED) is 0.484. The summed E-state index contributed by atoms with van der Waals surface area (Å²) in [6.07, 6.45) is 3.14. The lowest BCUT2D eigenvalue weighted by molar-refractivity contribution is 0.296. The minimum atomic E-state index is -3.27. The van der Waals surface area contributed by atoms with Crippen LogP contribution >= 0.6 is 0 Å². The lowest BCUT2D eigenvalue weighted by Gasteiger charge is -2.15. The molecular weight excluding hydrogens is 389 g/mol. The highest BCUT2D eigenvalue weighted by Crippen LogP contribution is 2.35. The van der Waals surface area contributed by atoms with Crippen LogP contribution in [0.1, 0.15) is 25.3 Å². The second-order valence-electron chi connectivity index (χ2n) is 7.01. The van der Waals surface area contributed by atoms with Crippen molar-refractivity contribution < 1.29 is 17.5 Å². The van der Waals surface area contributed by atoms with Crippen molar-refractivity contribution in [2.75, 3.05) is 12.9 Å². The number of nitrogens with zero attached hydrogens (tertiary/aromatic N) is 1. The summed E-state index contributed by atoms with van der Waals surface area (Å²) >= 11 is 0. The van der Waals surface area contributed by atoms with Gasteiger partial charge in [-0.3, -0.25) is 0 Å². The number of sulfone groups is 1. The number of halogens is 1. The van der Waals surface area contributed by atoms with Gasteiger partial charge in [-0.25, -0.2) is 17.8 Å². The van der Waals surface area contributed by atoms with Crippen LogP contribution in [0.25, 0.3) is 22.4 Å². The highest BCUT2D eigenvalue weighted by Gasteiger charge is 2.15. The third-order valence-corrected chi connectivity index (χ3v) is 5.74. The molecule has 1 aromatic heterocycles. The Bertz CT molecular complexity index is 1090. The highest BCUT2D eigenvalue weighted by atomic mass is 32.2. The number of benzene rings is 2. The average molecular weight is 414 g/mol. The Balaban J connectivity index is 2.11. The molecule has 0 N–H and O–H groups in total. The molecule has 0 fully saturated rings. The summed E-state index contributed by atoms with van der Waals surface area (Å²) in [5.74, 6) is 0.230. The van der Waals surface area contributed by atoms with Crippen molar-refractivity contribution in [2.24, 2.45) is 0 Å². The zero-order valence-corrected chi connectivity index (χ0v) is 17.6. The maximum atomic E-state index is 13.4. The Kier molecular flexibility index (Phi) is 6.33. The summed E-state index contributed by atoms with van der Waals surface area (Å²) in [4.78, 5) is 4.99. The fraction of sp³-hybridized carbons (Fsp3) is 0.261. The van der Waals surface area contributed by atoms with Crippen molar-refractivity contribution in [3.63, 3.8) is 0 Å². The Morgan fingerprint density at radius 3 is 2.21 bits per heavy atom. The van der Waals surface area contributed by atoms with E-state index in [2.05, 4.69) is 6.92 Å². The van der Waals surface area contributed by atoms with E-state index in [1.807, 2.05) is 13.0 Å². The number of hydrogen-bond donors (Lipinski definition) is 0. The molecule has 0 aliphatic carbocycles. The van der Waals surface area contributed by atoms with E-state index < -0.39 is 9.84 Å². The number of aryl methyl sites for hydroxylation is 1. The Morgan fingerprint density at radius 1 is 1.00 bits per heavy atom. The molecule has 0 aliphatic rings. The number of rotatable bonds is 7. The summed E-state index contributed by atoms with van der Waals surface area (Å²) in [5.41, 5.74) is 3.96. The predicted octanol–water partition coefficient (Wildman–Crippen LogP) is 5.45. The van der Waals surface area contributed by atoms with Crippen LogP contribution in [0.5, 0.6) is 5.88 Å². The number of ether oxygens (including phenoxy) is 1. The highest BCUT2D eigenvalue weighted by molar-refractivity contribution is 7.90. The lowest BCUT2D eigenvalue weighted by atomic mass is 9.98. The molecule has 3 rings (SSSR count). The van der Waals surface area contributed by atoms with Crippen molar-refractivity contribution in [3.8, 4) is 28.3 Å². The molecule has 0 saturated heterocycles. The maximum Gasteiger partial charge on any atom is 0.216 e. The van der Waals surface area contributed by atoms with Gasteiger partial charge in [0, 0.05) is 22.9 Å². The second kappa shape index (κ2) is 8.74. The van der Waals surface area contributed by atoms with Gasteiger partial charge in [0.05, 0.1) is 17.2 Å². The van der Waals surface area contributed by atoms with Crippen molar-refractivity contribution in [3.05, 3.63) is 66.0 Å². The van der Waals surface area contributed by atoms with E-state index in [-0.39, 0.29) is 10.7 Å². The molecule has 29 heavy (non-hydrogen) atoms. The van der Waals surface area contributed by atoms with Crippen LogP contribution in [0.2, 0.25) is 0 Å². The first kappa shape index (κ1) is 21.0. The molecule has 3 aromatic rings. The van der Waals surface area contributed by atoms with Gasteiger partial charge in [0.25, 0.3) is 0 Å². The first-order valence-electron chi connectivity index (χ1n) is 9.50. The van der Waals surface area contributed by atoms with Crippen molar-refractivity contribution >= 4 is 9.84 Å². The zero-order valence-electron chi connectivity index (χ0n) is 16.8. The maximum absolute atomic E-state index is 13.4. The topological polar surface area (TPSA) is 56.3 Å². The number of unbranched alkanes of at least 4 members (excludes halogenated alkanes) is 1. The standard InChI is InChI=1S/C23H24FNO3S/c1-4-5-14-28-23-16(2)15-21(17-8-12-20(13-9-17)29(3,26)27)22(25-23)18-6-10-19(24)11-7-18/h6-13,15H,4-5,14H2,1-3H3. The largest absolute Gasteiger partial charge is 0.477 e. The Hall–Kier alpha value is -2.73. The number of aromatic nitrogens is 1. The molecule has 1 heterocycles. The van der Waals surface area contributed by atoms with E-state index in [9.17, 15) is 12.8 Å². The van der Waals surface area contributed by atoms with Crippen LogP contribution in [0.3, 0.4) is 0 Å². The molecule has 0 spiro atoms. The molecule has 0 saturated carbocycles. The zero-order chi connectivity index (χ0) is 21.0. The smallest absolute Gasteiger partial charge is 0.216 e. The van der Waals surface area contributed by atoms with Crippen molar-refractivity contribution in [1.29, 1.82) is 0 Å². The summed E-state index contributed by atoms with van der Waals surface area (Å²) in [5, 5.41) is 0. The molecule has 0 radical (unpaired) electrons. The third kappa shape index (κ3) is 5.01. The molecular formula is C23H24FNO3S. The molecule has 4 nitrogen and oxygen atoms in total. The van der Waals surface area contributed by atoms with Gasteiger partial charge in [-0.15, -0.1) is 0 Å². The van der Waals surface area contributed by atoms with Crippen LogP contribution in [0.15, 0.2) is 59.5 Å². The van der Waals surface area contributed by atoms with E-state index in [1.165, 1.54) is 18.4 Å². The lowest BCUT2D eigenvalue weighted by Crippen LogP contribution is -2.03. The van der Waals surface area contributed by atoms with Crippen molar-refractivity contribution in [1.82, 2.24) is 4.98 Å². The van der Waals surface area contributed by atoms with E-state index >= 15 is 0 Å². The molecule has 0 amide bonds. The van der Waals surface area contributed by atoms with Crippen LogP contribution < -0.4 is 4.74 Å². The van der Waals surface area contributed by atoms with Crippen LogP contribution in [0.4, 0.5) is 4.39 Å². The van der Waals surface area contributed by atoms with Gasteiger partial charge in [0.1, 0.15) is 5.82 Å². The first-order chi connectivity index (χ1) is 13.8. The molecule has 0 aliphatic heterocycles. The summed E-state index contributed by atoms with van der Waals surface area (Å²) in [6.45, 7) is 4.60. The van der Waals surface area contributed by atoms with Crippen LogP contribution in [0, 0.1) is 12.7 Å². The Morgan fingerprint density at radius 2 is 1.62 bits per heavy atom. The van der Waals surface area contributed by atoms with E-state index in [0.29, 0.717) is 18.2 Å². The minimum absolute atomic E-state index is 0.258. The van der Waals surface area contributed by atoms with Gasteiger partial charge in [-0.05, 0) is 61.4 Å². The monoisotopic (exact) mass is 413 g/mol. The third-order valence-electron chi connectivity index (χ3n) is 4.61. The van der Waals surface area contributed by atoms with E-state index in [4.69, 9.17) is 9.72 Å². The molecule has 0 bridgehead atoms. The van der Waals surface area contributed by atoms with E-state index in [1.54, 1.807) is 36.4 Å². The summed E-state index contributed by atoms with van der Waals surface area (Å²) < 4.78 is 42.8. The van der Waals surface area contributed by atoms with Crippen LogP contribution in [-0.4, -0.2) is 26.3 Å². The SMILES string of the molecule is CCCCOc1nc(-c2ccc(F)cc2)c(-c2ccc(S(C)(=O)=O)cc2)cc1C. The molecule has 0 atom stereocenters. The summed E-state index contributed by atoms with van der Waals surface area (Å²) in [6, 6.07) is 14.8. The second-order valence-corrected chi connectivity index (χ2v) is 9.03. The fourth-order valence-electron chi connectivity index (χ4n) is 2.99. The van der Waals surface area contributed by atoms with Crippen molar-refractivity contribution in [2.45, 2.75) is 31.6 Å². The average Bonchev–Trinajstić information content (AvgIpc) is 2.69. The van der Waals surface area contributed by atoms with Gasteiger partial charge in [-0.2, -0.15) is 0 Å². The molecule has 0 unspecified atom stereocenters. The van der Waals surface area contributed by atoms with Gasteiger partial charge < -0.3 is 4.74 Å². The fourth-order valence-corrected chi connectivity index (χ4v) is 3.62. The Labute approximate surface area is 171 Å². The number of pyridine rings is 1. The normalized spacial score (nSPS) is 11.4. The summed E-state index contributed by atoms with van der Waals surface area (Å²) in [7, 11) is -3.27. The predicted molar refractivity (Wildman–Crippen MR) is 113 cm³/mol. The first-order valence-corrected chi connectivity index (χ1v) is 11.4. The number of hydrogen-bond acceptors (Lipinski definition) is 4. The molecule has 2 aromatic carbocycles. The van der Waals surface area contributed by atoms with Gasteiger partial charge in [-0.1, -0.05) is 25.5 Å². The van der Waals surface area contributed by atoms with Gasteiger partial charge in [0.15, 0.2) is 9.84 Å². The van der Waals surface area contributed by atoms with Gasteiger partial charge >= 0.3 is 0 Å². The van der Waals surface area contributed by atoms with Crippen LogP contribution in [-0.2, 0) is 9.84 Å². The minimum Gasteiger partial charge on any atom is -0.477 e. The van der Waals surface area contributed by atoms with Gasteiger partial charge in [0.2, 0.25) is 5.88 Å². The van der Waals surface area contributed by atoms with E-state index in [0.717, 1.165) is 35.1 Å².